The second kappa shape index (κ2) is 3.34. The van der Waals surface area contributed by atoms with Crippen LogP contribution >= 0.6 is 0 Å². The molecule has 88 valence electrons. The second-order valence-electron chi connectivity index (χ2n) is 4.74. The zero-order valence-corrected chi connectivity index (χ0v) is 9.31. The van der Waals surface area contributed by atoms with Crippen molar-refractivity contribution in [3.05, 3.63) is 36.0 Å². The van der Waals surface area contributed by atoms with E-state index in [2.05, 4.69) is 4.98 Å². The fraction of sp³-hybridized carbons (Fsp3) is 0.308. The SMILES string of the molecule is NC(C(=O)O)C1(c2cc3ccccc3[nH]2)CC1. The van der Waals surface area contributed by atoms with Crippen LogP contribution in [0.2, 0.25) is 0 Å². The zero-order valence-electron chi connectivity index (χ0n) is 9.31. The van der Waals surface area contributed by atoms with Gasteiger partial charge in [-0.05, 0) is 30.4 Å². The van der Waals surface area contributed by atoms with Gasteiger partial charge in [0.2, 0.25) is 0 Å². The van der Waals surface area contributed by atoms with Crippen molar-refractivity contribution >= 4 is 16.9 Å². The van der Waals surface area contributed by atoms with Crippen LogP contribution in [0.4, 0.5) is 0 Å². The topological polar surface area (TPSA) is 79.1 Å². The molecule has 0 bridgehead atoms. The number of rotatable bonds is 3. The van der Waals surface area contributed by atoms with Crippen molar-refractivity contribution < 1.29 is 9.90 Å². The highest BCUT2D eigenvalue weighted by atomic mass is 16.4. The molecule has 1 fully saturated rings. The average molecular weight is 230 g/mol. The van der Waals surface area contributed by atoms with E-state index in [4.69, 9.17) is 10.8 Å². The van der Waals surface area contributed by atoms with Crippen LogP contribution in [-0.2, 0) is 10.2 Å². The summed E-state index contributed by atoms with van der Waals surface area (Å²) in [5.74, 6) is -0.929. The summed E-state index contributed by atoms with van der Waals surface area (Å²) >= 11 is 0. The van der Waals surface area contributed by atoms with Crippen LogP contribution in [0, 0.1) is 0 Å². The lowest BCUT2D eigenvalue weighted by Crippen LogP contribution is -2.42. The number of aromatic nitrogens is 1. The molecule has 1 aliphatic rings. The lowest BCUT2D eigenvalue weighted by atomic mass is 9.93. The summed E-state index contributed by atoms with van der Waals surface area (Å²) in [5, 5.41) is 10.2. The first-order chi connectivity index (χ1) is 8.13. The number of aliphatic carboxylic acids is 1. The molecule has 4 N–H and O–H groups in total. The van der Waals surface area contributed by atoms with Gasteiger partial charge in [-0.25, -0.2) is 0 Å². The van der Waals surface area contributed by atoms with Gasteiger partial charge in [-0.1, -0.05) is 18.2 Å². The Kier molecular flexibility index (Phi) is 2.03. The largest absolute Gasteiger partial charge is 0.480 e. The number of hydrogen-bond donors (Lipinski definition) is 3. The van der Waals surface area contributed by atoms with E-state index in [1.165, 1.54) is 0 Å². The molecular formula is C13H14N2O2. The molecule has 3 rings (SSSR count). The van der Waals surface area contributed by atoms with Crippen LogP contribution in [0.3, 0.4) is 0 Å². The van der Waals surface area contributed by atoms with E-state index in [0.29, 0.717) is 0 Å². The maximum atomic E-state index is 11.0. The van der Waals surface area contributed by atoms with Gasteiger partial charge in [0.15, 0.2) is 0 Å². The number of nitrogens with two attached hydrogens (primary N) is 1. The molecule has 1 aliphatic carbocycles. The highest BCUT2D eigenvalue weighted by molar-refractivity contribution is 5.82. The Morgan fingerprint density at radius 2 is 2.12 bits per heavy atom. The van der Waals surface area contributed by atoms with E-state index >= 15 is 0 Å². The van der Waals surface area contributed by atoms with Crippen LogP contribution < -0.4 is 5.73 Å². The van der Waals surface area contributed by atoms with E-state index in [1.807, 2.05) is 30.3 Å². The molecule has 0 spiro atoms. The number of hydrogen-bond acceptors (Lipinski definition) is 2. The van der Waals surface area contributed by atoms with Crippen LogP contribution in [0.15, 0.2) is 30.3 Å². The number of fused-ring (bicyclic) bond motifs is 1. The van der Waals surface area contributed by atoms with Crippen LogP contribution in [0.5, 0.6) is 0 Å². The summed E-state index contributed by atoms with van der Waals surface area (Å²) in [6, 6.07) is 9.12. The maximum Gasteiger partial charge on any atom is 0.321 e. The van der Waals surface area contributed by atoms with Crippen molar-refractivity contribution in [3.63, 3.8) is 0 Å². The molecule has 0 amide bonds. The second-order valence-corrected chi connectivity index (χ2v) is 4.74. The molecule has 17 heavy (non-hydrogen) atoms. The van der Waals surface area contributed by atoms with Gasteiger partial charge in [-0.2, -0.15) is 0 Å². The molecule has 4 heteroatoms. The van der Waals surface area contributed by atoms with Gasteiger partial charge in [0.25, 0.3) is 0 Å². The maximum absolute atomic E-state index is 11.0. The van der Waals surface area contributed by atoms with Gasteiger partial charge < -0.3 is 15.8 Å². The van der Waals surface area contributed by atoms with Gasteiger partial charge >= 0.3 is 5.97 Å². The quantitative estimate of drug-likeness (QED) is 0.749. The Balaban J connectivity index is 2.06. The Morgan fingerprint density at radius 1 is 1.41 bits per heavy atom. The third kappa shape index (κ3) is 1.45. The van der Waals surface area contributed by atoms with Gasteiger partial charge in [0.05, 0.1) is 0 Å². The number of carboxylic acid groups (broad SMARTS) is 1. The monoisotopic (exact) mass is 230 g/mol. The van der Waals surface area contributed by atoms with E-state index in [9.17, 15) is 4.79 Å². The fourth-order valence-corrected chi connectivity index (χ4v) is 2.46. The van der Waals surface area contributed by atoms with Crippen molar-refractivity contribution in [2.75, 3.05) is 0 Å². The number of benzene rings is 1. The molecule has 0 saturated heterocycles. The molecule has 1 saturated carbocycles. The highest BCUT2D eigenvalue weighted by Gasteiger charge is 2.53. The van der Waals surface area contributed by atoms with Gasteiger partial charge in [-0.15, -0.1) is 0 Å². The summed E-state index contributed by atoms with van der Waals surface area (Å²) in [6.45, 7) is 0. The number of nitrogens with one attached hydrogen (secondary N) is 1. The molecule has 0 aliphatic heterocycles. The first kappa shape index (κ1) is 10.4. The van der Waals surface area contributed by atoms with Crippen molar-refractivity contribution in [1.29, 1.82) is 0 Å². The summed E-state index contributed by atoms with van der Waals surface area (Å²) < 4.78 is 0. The minimum Gasteiger partial charge on any atom is -0.480 e. The number of H-pyrrole nitrogens is 1. The Morgan fingerprint density at radius 3 is 2.71 bits per heavy atom. The molecule has 1 aromatic heterocycles. The summed E-state index contributed by atoms with van der Waals surface area (Å²) in [7, 11) is 0. The predicted molar refractivity (Wildman–Crippen MR) is 64.8 cm³/mol. The molecule has 0 radical (unpaired) electrons. The molecule has 1 unspecified atom stereocenters. The van der Waals surface area contributed by atoms with E-state index < -0.39 is 12.0 Å². The standard InChI is InChI=1S/C13H14N2O2/c14-11(12(16)17)13(5-6-13)10-7-8-3-1-2-4-9(8)15-10/h1-4,7,11,15H,5-6,14H2,(H,16,17). The van der Waals surface area contributed by atoms with Crippen LogP contribution in [-0.4, -0.2) is 22.1 Å². The molecule has 2 aromatic rings. The zero-order chi connectivity index (χ0) is 12.0. The van der Waals surface area contributed by atoms with Gasteiger partial charge in [0, 0.05) is 16.6 Å². The minimum atomic E-state index is -0.929. The smallest absolute Gasteiger partial charge is 0.321 e. The van der Waals surface area contributed by atoms with E-state index in [1.54, 1.807) is 0 Å². The minimum absolute atomic E-state index is 0.384. The van der Waals surface area contributed by atoms with Crippen molar-refractivity contribution in [1.82, 2.24) is 4.98 Å². The third-order valence-corrected chi connectivity index (χ3v) is 3.72. The lowest BCUT2D eigenvalue weighted by Gasteiger charge is -2.18. The van der Waals surface area contributed by atoms with Crippen molar-refractivity contribution in [3.8, 4) is 0 Å². The number of carboxylic acids is 1. The molecule has 1 atom stereocenters. The van der Waals surface area contributed by atoms with Gasteiger partial charge in [0.1, 0.15) is 6.04 Å². The van der Waals surface area contributed by atoms with Crippen LogP contribution in [0.1, 0.15) is 18.5 Å². The lowest BCUT2D eigenvalue weighted by molar-refractivity contribution is -0.139. The highest BCUT2D eigenvalue weighted by Crippen LogP contribution is 2.50. The average Bonchev–Trinajstić information content (AvgIpc) is 3.01. The first-order valence-electron chi connectivity index (χ1n) is 5.70. The Bertz CT molecular complexity index is 551. The fourth-order valence-electron chi connectivity index (χ4n) is 2.46. The molecular weight excluding hydrogens is 216 g/mol. The predicted octanol–water partition coefficient (Wildman–Crippen LogP) is 1.61. The summed E-state index contributed by atoms with van der Waals surface area (Å²) in [6.07, 6.45) is 1.68. The van der Waals surface area contributed by atoms with E-state index in [0.717, 1.165) is 29.4 Å². The van der Waals surface area contributed by atoms with Crippen molar-refractivity contribution in [2.45, 2.75) is 24.3 Å². The molecule has 4 nitrogen and oxygen atoms in total. The Hall–Kier alpha value is -1.81. The molecule has 1 aromatic carbocycles. The number of carbonyl (C=O) groups is 1. The van der Waals surface area contributed by atoms with Crippen molar-refractivity contribution in [2.24, 2.45) is 5.73 Å². The summed E-state index contributed by atoms with van der Waals surface area (Å²) in [5.41, 5.74) is 7.39. The van der Waals surface area contributed by atoms with E-state index in [-0.39, 0.29) is 5.41 Å². The Labute approximate surface area is 98.4 Å². The molecule has 1 heterocycles. The number of para-hydroxylation sites is 1. The first-order valence-corrected chi connectivity index (χ1v) is 5.70. The van der Waals surface area contributed by atoms with Crippen LogP contribution in [0.25, 0.3) is 10.9 Å². The third-order valence-electron chi connectivity index (χ3n) is 3.72. The number of aromatic amines is 1. The van der Waals surface area contributed by atoms with Gasteiger partial charge in [-0.3, -0.25) is 4.79 Å². The normalized spacial score (nSPS) is 19.1. The summed E-state index contributed by atoms with van der Waals surface area (Å²) in [4.78, 5) is 14.3.